The summed E-state index contributed by atoms with van der Waals surface area (Å²) in [7, 11) is 0. The van der Waals surface area contributed by atoms with E-state index in [4.69, 9.17) is 11.6 Å². The van der Waals surface area contributed by atoms with E-state index in [9.17, 15) is 4.79 Å². The van der Waals surface area contributed by atoms with Crippen molar-refractivity contribution in [3.05, 3.63) is 101 Å². The predicted octanol–water partition coefficient (Wildman–Crippen LogP) is 5.18. The number of carbonyl (C=O) groups excluding carboxylic acids is 1. The molecule has 0 radical (unpaired) electrons. The van der Waals surface area contributed by atoms with Crippen LogP contribution >= 0.6 is 11.6 Å². The van der Waals surface area contributed by atoms with Gasteiger partial charge in [-0.25, -0.2) is 0 Å². The second-order valence-corrected chi connectivity index (χ2v) is 5.63. The minimum absolute atomic E-state index is 0.0646. The van der Waals surface area contributed by atoms with Gasteiger partial charge in [-0.2, -0.15) is 0 Å². The van der Waals surface area contributed by atoms with E-state index in [0.717, 1.165) is 12.2 Å². The molecule has 0 aliphatic heterocycles. The van der Waals surface area contributed by atoms with Crippen molar-refractivity contribution in [1.82, 2.24) is 0 Å². The SMILES string of the molecule is O=C(c1ccc(NCc2ccccc2)cc1)c1ccccc1Cl. The zero-order valence-electron chi connectivity index (χ0n) is 12.5. The fraction of sp³-hybridized carbons (Fsp3) is 0.0500. The van der Waals surface area contributed by atoms with Gasteiger partial charge >= 0.3 is 0 Å². The molecule has 0 amide bonds. The minimum Gasteiger partial charge on any atom is -0.381 e. The van der Waals surface area contributed by atoms with Gasteiger partial charge in [-0.3, -0.25) is 4.79 Å². The van der Waals surface area contributed by atoms with Crippen LogP contribution in [0.3, 0.4) is 0 Å². The topological polar surface area (TPSA) is 29.1 Å². The maximum Gasteiger partial charge on any atom is 0.194 e. The molecule has 114 valence electrons. The number of anilines is 1. The van der Waals surface area contributed by atoms with Gasteiger partial charge in [0.15, 0.2) is 5.78 Å². The van der Waals surface area contributed by atoms with Crippen molar-refractivity contribution in [3.8, 4) is 0 Å². The van der Waals surface area contributed by atoms with Gasteiger partial charge < -0.3 is 5.32 Å². The highest BCUT2D eigenvalue weighted by atomic mass is 35.5. The van der Waals surface area contributed by atoms with Gasteiger partial charge in [-0.15, -0.1) is 0 Å². The lowest BCUT2D eigenvalue weighted by Crippen LogP contribution is -2.03. The van der Waals surface area contributed by atoms with E-state index in [0.29, 0.717) is 16.1 Å². The van der Waals surface area contributed by atoms with Gasteiger partial charge in [0.2, 0.25) is 0 Å². The van der Waals surface area contributed by atoms with Gasteiger partial charge in [0.05, 0.1) is 5.02 Å². The molecule has 0 aliphatic rings. The lowest BCUT2D eigenvalue weighted by Gasteiger charge is -2.08. The van der Waals surface area contributed by atoms with Gasteiger partial charge in [-0.1, -0.05) is 54.1 Å². The van der Waals surface area contributed by atoms with Crippen LogP contribution in [0.4, 0.5) is 5.69 Å². The van der Waals surface area contributed by atoms with Crippen LogP contribution in [0.2, 0.25) is 5.02 Å². The van der Waals surface area contributed by atoms with Crippen molar-refractivity contribution in [2.24, 2.45) is 0 Å². The van der Waals surface area contributed by atoms with E-state index in [-0.39, 0.29) is 5.78 Å². The number of rotatable bonds is 5. The Hall–Kier alpha value is -2.58. The summed E-state index contributed by atoms with van der Waals surface area (Å²) in [5.74, 6) is -0.0646. The zero-order valence-corrected chi connectivity index (χ0v) is 13.3. The van der Waals surface area contributed by atoms with Crippen LogP contribution in [0.15, 0.2) is 78.9 Å². The van der Waals surface area contributed by atoms with Crippen LogP contribution in [0.1, 0.15) is 21.5 Å². The molecule has 3 aromatic rings. The molecule has 0 saturated carbocycles. The summed E-state index contributed by atoms with van der Waals surface area (Å²) in [6.45, 7) is 0.749. The van der Waals surface area contributed by atoms with Crippen LogP contribution < -0.4 is 5.32 Å². The van der Waals surface area contributed by atoms with Crippen LogP contribution in [0, 0.1) is 0 Å². The molecule has 0 aromatic heterocycles. The van der Waals surface area contributed by atoms with Crippen LogP contribution in [-0.2, 0) is 6.54 Å². The van der Waals surface area contributed by atoms with E-state index >= 15 is 0 Å². The molecule has 0 spiro atoms. The van der Waals surface area contributed by atoms with Gasteiger partial charge in [-0.05, 0) is 42.0 Å². The maximum absolute atomic E-state index is 12.5. The standard InChI is InChI=1S/C20H16ClNO/c21-19-9-5-4-8-18(19)20(23)16-10-12-17(13-11-16)22-14-15-6-2-1-3-7-15/h1-13,22H,14H2. The first-order chi connectivity index (χ1) is 11.2. The second kappa shape index (κ2) is 7.12. The Morgan fingerprint density at radius 3 is 2.17 bits per heavy atom. The monoisotopic (exact) mass is 321 g/mol. The second-order valence-electron chi connectivity index (χ2n) is 5.23. The lowest BCUT2D eigenvalue weighted by molar-refractivity contribution is 0.103. The Bertz CT molecular complexity index is 797. The van der Waals surface area contributed by atoms with Crippen molar-refractivity contribution in [3.63, 3.8) is 0 Å². The fourth-order valence-corrected chi connectivity index (χ4v) is 2.56. The Kier molecular flexibility index (Phi) is 4.74. The first-order valence-corrected chi connectivity index (χ1v) is 7.79. The highest BCUT2D eigenvalue weighted by Crippen LogP contribution is 2.20. The third-order valence-corrected chi connectivity index (χ3v) is 3.93. The predicted molar refractivity (Wildman–Crippen MR) is 95.1 cm³/mol. The van der Waals surface area contributed by atoms with Crippen molar-refractivity contribution < 1.29 is 4.79 Å². The number of halogens is 1. The van der Waals surface area contributed by atoms with Gasteiger partial charge in [0, 0.05) is 23.4 Å². The maximum atomic E-state index is 12.5. The quantitative estimate of drug-likeness (QED) is 0.656. The third kappa shape index (κ3) is 3.79. The number of carbonyl (C=O) groups is 1. The normalized spacial score (nSPS) is 10.3. The number of ketones is 1. The molecule has 1 N–H and O–H groups in total. The number of hydrogen-bond donors (Lipinski definition) is 1. The molecule has 0 unspecified atom stereocenters. The number of hydrogen-bond acceptors (Lipinski definition) is 2. The van der Waals surface area contributed by atoms with Crippen molar-refractivity contribution in [2.75, 3.05) is 5.32 Å². The average Bonchev–Trinajstić information content (AvgIpc) is 2.61. The molecule has 0 fully saturated rings. The molecule has 3 rings (SSSR count). The van der Waals surface area contributed by atoms with E-state index in [2.05, 4.69) is 17.4 Å². The molecule has 2 nitrogen and oxygen atoms in total. The Morgan fingerprint density at radius 2 is 1.48 bits per heavy atom. The van der Waals surface area contributed by atoms with E-state index in [1.165, 1.54) is 5.56 Å². The van der Waals surface area contributed by atoms with Crippen molar-refractivity contribution in [1.29, 1.82) is 0 Å². The molecule has 0 aliphatic carbocycles. The molecule has 0 saturated heterocycles. The number of benzene rings is 3. The summed E-state index contributed by atoms with van der Waals surface area (Å²) in [4.78, 5) is 12.5. The van der Waals surface area contributed by atoms with E-state index in [1.807, 2.05) is 54.6 Å². The highest BCUT2D eigenvalue weighted by Gasteiger charge is 2.11. The van der Waals surface area contributed by atoms with Crippen molar-refractivity contribution >= 4 is 23.1 Å². The number of nitrogens with one attached hydrogen (secondary N) is 1. The van der Waals surface area contributed by atoms with Crippen LogP contribution in [0.5, 0.6) is 0 Å². The summed E-state index contributed by atoms with van der Waals surface area (Å²) in [6, 6.07) is 24.7. The molecule has 0 atom stereocenters. The molecular formula is C20H16ClNO. The summed E-state index contributed by atoms with van der Waals surface area (Å²) in [5.41, 5.74) is 3.34. The first kappa shape index (κ1) is 15.3. The van der Waals surface area contributed by atoms with Crippen LogP contribution in [-0.4, -0.2) is 5.78 Å². The first-order valence-electron chi connectivity index (χ1n) is 7.41. The third-order valence-electron chi connectivity index (χ3n) is 3.61. The molecule has 23 heavy (non-hydrogen) atoms. The highest BCUT2D eigenvalue weighted by molar-refractivity contribution is 6.34. The van der Waals surface area contributed by atoms with Gasteiger partial charge in [0.1, 0.15) is 0 Å². The van der Waals surface area contributed by atoms with E-state index < -0.39 is 0 Å². The largest absolute Gasteiger partial charge is 0.381 e. The van der Waals surface area contributed by atoms with Crippen LogP contribution in [0.25, 0.3) is 0 Å². The Morgan fingerprint density at radius 1 is 0.826 bits per heavy atom. The summed E-state index contributed by atoms with van der Waals surface area (Å²) >= 11 is 6.08. The van der Waals surface area contributed by atoms with Crippen molar-refractivity contribution in [2.45, 2.75) is 6.54 Å². The lowest BCUT2D eigenvalue weighted by atomic mass is 10.0. The molecule has 3 heteroatoms. The smallest absolute Gasteiger partial charge is 0.194 e. The zero-order chi connectivity index (χ0) is 16.1. The summed E-state index contributed by atoms with van der Waals surface area (Å²) in [6.07, 6.45) is 0. The summed E-state index contributed by atoms with van der Waals surface area (Å²) in [5, 5.41) is 3.82. The molecule has 3 aromatic carbocycles. The summed E-state index contributed by atoms with van der Waals surface area (Å²) < 4.78 is 0. The molecule has 0 bridgehead atoms. The van der Waals surface area contributed by atoms with E-state index in [1.54, 1.807) is 12.1 Å². The fourth-order valence-electron chi connectivity index (χ4n) is 2.34. The Balaban J connectivity index is 1.70. The molecule has 0 heterocycles. The molecular weight excluding hydrogens is 306 g/mol. The van der Waals surface area contributed by atoms with Gasteiger partial charge in [0.25, 0.3) is 0 Å². The average molecular weight is 322 g/mol. The minimum atomic E-state index is -0.0646. The Labute approximate surface area is 140 Å².